The zero-order valence-corrected chi connectivity index (χ0v) is 22.7. The molecule has 0 atom stereocenters. The first-order valence-corrected chi connectivity index (χ1v) is 13.0. The second kappa shape index (κ2) is 12.2. The summed E-state index contributed by atoms with van der Waals surface area (Å²) in [6.45, 7) is 4.46. The Bertz CT molecular complexity index is 1320. The maximum Gasteiger partial charge on any atom is 0.499 e. The Kier molecular flexibility index (Phi) is 9.11. The number of piperazine rings is 1. The summed E-state index contributed by atoms with van der Waals surface area (Å²) in [5, 5.41) is 7.49. The van der Waals surface area contributed by atoms with Crippen molar-refractivity contribution in [2.45, 2.75) is 25.6 Å². The Morgan fingerprint density at radius 1 is 1.02 bits per heavy atom. The van der Waals surface area contributed by atoms with Crippen LogP contribution in [-0.2, 0) is 0 Å². The van der Waals surface area contributed by atoms with Crippen LogP contribution in [0.15, 0.2) is 47.0 Å². The van der Waals surface area contributed by atoms with E-state index in [0.29, 0.717) is 67.1 Å². The van der Waals surface area contributed by atoms with Gasteiger partial charge in [0.2, 0.25) is 0 Å². The van der Waals surface area contributed by atoms with Crippen LogP contribution in [0.25, 0.3) is 11.3 Å². The normalized spacial score (nSPS) is 14.8. The lowest BCUT2D eigenvalue weighted by Crippen LogP contribution is -2.47. The second-order valence-corrected chi connectivity index (χ2v) is 9.90. The van der Waals surface area contributed by atoms with Crippen molar-refractivity contribution in [2.75, 3.05) is 44.2 Å². The average Bonchev–Trinajstić information content (AvgIpc) is 3.27. The molecule has 0 radical (unpaired) electrons. The Morgan fingerprint density at radius 2 is 1.68 bits per heavy atom. The Balaban J connectivity index is 1.28. The van der Waals surface area contributed by atoms with E-state index in [2.05, 4.69) is 20.1 Å². The smallest absolute Gasteiger partial charge is 0.424 e. The molecule has 1 aliphatic rings. The van der Waals surface area contributed by atoms with E-state index in [-0.39, 0.29) is 22.9 Å². The Hall–Kier alpha value is -3.09. The van der Waals surface area contributed by atoms with Gasteiger partial charge in [0.15, 0.2) is 0 Å². The topological polar surface area (TPSA) is 70.8 Å². The second-order valence-electron chi connectivity index (χ2n) is 9.08. The van der Waals surface area contributed by atoms with Gasteiger partial charge in [-0.25, -0.2) is 0 Å². The molecule has 0 bridgehead atoms. The number of carbonyl (C=O) groups is 1. The number of rotatable bonds is 9. The zero-order chi connectivity index (χ0) is 29.1. The fraction of sp³-hybridized carbons (Fsp3) is 0.385. The van der Waals surface area contributed by atoms with Crippen molar-refractivity contribution < 1.29 is 36.0 Å². The maximum absolute atomic E-state index is 13.5. The first kappa shape index (κ1) is 29.9. The summed E-state index contributed by atoms with van der Waals surface area (Å²) in [7, 11) is 0. The number of nitrogens with one attached hydrogen (secondary N) is 1. The van der Waals surface area contributed by atoms with Crippen LogP contribution < -0.4 is 15.0 Å². The lowest BCUT2D eigenvalue weighted by Gasteiger charge is -2.37. The Labute approximate surface area is 236 Å². The molecular weight excluding hydrogens is 582 g/mol. The van der Waals surface area contributed by atoms with Gasteiger partial charge in [0.1, 0.15) is 22.8 Å². The predicted molar refractivity (Wildman–Crippen MR) is 140 cm³/mol. The number of hydrogen-bond donors (Lipinski definition) is 1. The number of carbonyl (C=O) groups excluding carboxylic acids is 1. The third kappa shape index (κ3) is 6.61. The summed E-state index contributed by atoms with van der Waals surface area (Å²) in [5.74, 6) is -0.610. The summed E-state index contributed by atoms with van der Waals surface area (Å²) in [6.07, 6.45) is -10.5. The van der Waals surface area contributed by atoms with Crippen molar-refractivity contribution >= 4 is 34.8 Å². The number of aromatic nitrogens is 1. The minimum atomic E-state index is -5.83. The van der Waals surface area contributed by atoms with E-state index in [1.807, 2.05) is 0 Å². The summed E-state index contributed by atoms with van der Waals surface area (Å²) >= 11 is 12.5. The molecule has 1 saturated heterocycles. The van der Waals surface area contributed by atoms with Crippen LogP contribution in [0, 0.1) is 6.92 Å². The molecule has 0 spiro atoms. The highest BCUT2D eigenvalue weighted by Crippen LogP contribution is 2.40. The number of halogens is 7. The van der Waals surface area contributed by atoms with Gasteiger partial charge in [-0.3, -0.25) is 9.69 Å². The molecule has 2 aromatic carbocycles. The number of amides is 1. The monoisotopic (exact) mass is 606 g/mol. The van der Waals surface area contributed by atoms with E-state index in [1.165, 1.54) is 12.1 Å². The molecule has 2 heterocycles. The summed E-state index contributed by atoms with van der Waals surface area (Å²) in [6, 6.07) is 10.4. The van der Waals surface area contributed by atoms with Crippen LogP contribution in [0.4, 0.5) is 27.6 Å². The van der Waals surface area contributed by atoms with Crippen molar-refractivity contribution in [3.8, 4) is 17.0 Å². The molecule has 1 aromatic heterocycles. The van der Waals surface area contributed by atoms with Crippen molar-refractivity contribution in [2.24, 2.45) is 0 Å². The number of nitrogens with zero attached hydrogens (tertiary/aromatic N) is 3. The molecule has 3 aromatic rings. The van der Waals surface area contributed by atoms with Gasteiger partial charge in [-0.15, -0.1) is 0 Å². The van der Waals surface area contributed by atoms with Crippen molar-refractivity contribution in [1.29, 1.82) is 0 Å². The standard InChI is InChI=1S/C26H25Cl2F5N4O3/c1-16-21(23(35-40-16)22-17(27)6-4-7-18(22)28)24(38)34-10-5-11-36-12-14-37(15-13-36)19-8-2-3-9-20(19)39-26(32,33)25(29,30)31/h2-4,6-9H,5,10-15H2,1H3,(H,34,38). The highest BCUT2D eigenvalue weighted by Gasteiger charge is 2.61. The lowest BCUT2D eigenvalue weighted by atomic mass is 10.1. The molecule has 0 unspecified atom stereocenters. The highest BCUT2D eigenvalue weighted by molar-refractivity contribution is 6.39. The van der Waals surface area contributed by atoms with Gasteiger partial charge in [0.25, 0.3) is 5.91 Å². The number of alkyl halides is 5. The van der Waals surface area contributed by atoms with E-state index in [1.54, 1.807) is 36.1 Å². The van der Waals surface area contributed by atoms with E-state index >= 15 is 0 Å². The number of para-hydroxylation sites is 2. The number of hydrogen-bond acceptors (Lipinski definition) is 6. The zero-order valence-electron chi connectivity index (χ0n) is 21.2. The van der Waals surface area contributed by atoms with Crippen LogP contribution >= 0.6 is 23.2 Å². The van der Waals surface area contributed by atoms with Crippen LogP contribution in [0.1, 0.15) is 22.5 Å². The third-order valence-electron chi connectivity index (χ3n) is 6.37. The number of benzene rings is 2. The number of anilines is 1. The van der Waals surface area contributed by atoms with Crippen molar-refractivity contribution in [3.63, 3.8) is 0 Å². The van der Waals surface area contributed by atoms with Crippen LogP contribution in [-0.4, -0.2) is 67.5 Å². The molecule has 14 heteroatoms. The number of ether oxygens (including phenoxy) is 1. The van der Waals surface area contributed by atoms with Gasteiger partial charge in [0.05, 0.1) is 15.7 Å². The van der Waals surface area contributed by atoms with Crippen LogP contribution in [0.2, 0.25) is 10.0 Å². The molecule has 1 N–H and O–H groups in total. The van der Waals surface area contributed by atoms with Crippen molar-refractivity contribution in [1.82, 2.24) is 15.4 Å². The largest absolute Gasteiger partial charge is 0.499 e. The van der Waals surface area contributed by atoms with E-state index in [9.17, 15) is 26.7 Å². The maximum atomic E-state index is 13.5. The first-order valence-electron chi connectivity index (χ1n) is 12.3. The van der Waals surface area contributed by atoms with E-state index < -0.39 is 18.0 Å². The van der Waals surface area contributed by atoms with E-state index in [4.69, 9.17) is 27.7 Å². The predicted octanol–water partition coefficient (Wildman–Crippen LogP) is 6.43. The van der Waals surface area contributed by atoms with Gasteiger partial charge in [0, 0.05) is 38.3 Å². The molecule has 216 valence electrons. The number of aryl methyl sites for hydroxylation is 1. The molecule has 1 aliphatic heterocycles. The van der Waals surface area contributed by atoms with Gasteiger partial charge >= 0.3 is 12.3 Å². The van der Waals surface area contributed by atoms with Crippen LogP contribution in [0.5, 0.6) is 5.75 Å². The van der Waals surface area contributed by atoms with Crippen LogP contribution in [0.3, 0.4) is 0 Å². The molecule has 0 aliphatic carbocycles. The molecule has 4 rings (SSSR count). The minimum Gasteiger partial charge on any atom is -0.424 e. The minimum absolute atomic E-state index is 0.164. The SMILES string of the molecule is Cc1onc(-c2c(Cl)cccc2Cl)c1C(=O)NCCCN1CCN(c2ccccc2OC(F)(F)C(F)(F)F)CC1. The summed E-state index contributed by atoms with van der Waals surface area (Å²) < 4.78 is 74.2. The van der Waals surface area contributed by atoms with Gasteiger partial charge in [-0.2, -0.15) is 22.0 Å². The average molecular weight is 607 g/mol. The summed E-state index contributed by atoms with van der Waals surface area (Å²) in [5.41, 5.74) is 1.05. The molecular formula is C26H25Cl2F5N4O3. The third-order valence-corrected chi connectivity index (χ3v) is 7.00. The fourth-order valence-electron chi connectivity index (χ4n) is 4.34. The Morgan fingerprint density at radius 3 is 2.33 bits per heavy atom. The van der Waals surface area contributed by atoms with Gasteiger partial charge in [-0.05, 0) is 44.2 Å². The molecule has 1 amide bonds. The quantitative estimate of drug-likeness (QED) is 0.223. The first-order chi connectivity index (χ1) is 18.9. The lowest BCUT2D eigenvalue weighted by molar-refractivity contribution is -0.360. The van der Waals surface area contributed by atoms with Gasteiger partial charge < -0.3 is 19.5 Å². The molecule has 7 nitrogen and oxygen atoms in total. The fourth-order valence-corrected chi connectivity index (χ4v) is 4.92. The molecule has 1 fully saturated rings. The summed E-state index contributed by atoms with van der Waals surface area (Å²) in [4.78, 5) is 16.7. The van der Waals surface area contributed by atoms with Gasteiger partial charge in [-0.1, -0.05) is 46.6 Å². The van der Waals surface area contributed by atoms with Crippen molar-refractivity contribution in [3.05, 3.63) is 63.8 Å². The highest BCUT2D eigenvalue weighted by atomic mass is 35.5. The molecule has 40 heavy (non-hydrogen) atoms. The van der Waals surface area contributed by atoms with E-state index in [0.717, 1.165) is 6.07 Å². The molecule has 0 saturated carbocycles.